The van der Waals surface area contributed by atoms with Gasteiger partial charge in [-0.2, -0.15) is 11.8 Å². The highest BCUT2D eigenvalue weighted by molar-refractivity contribution is 7.98. The molecule has 0 saturated heterocycles. The summed E-state index contributed by atoms with van der Waals surface area (Å²) in [6, 6.07) is -1.78. The zero-order valence-electron chi connectivity index (χ0n) is 20.8. The minimum Gasteiger partial charge on any atom is -0.480 e. The zero-order chi connectivity index (χ0) is 24.4. The largest absolute Gasteiger partial charge is 0.480 e. The Kier molecular flexibility index (Phi) is 17.2. The first-order valence-electron chi connectivity index (χ1n) is 12.1. The van der Waals surface area contributed by atoms with Crippen molar-refractivity contribution in [1.29, 1.82) is 0 Å². The smallest absolute Gasteiger partial charge is 0.408 e. The monoisotopic (exact) mass is 474 g/mol. The molecule has 3 N–H and O–H groups in total. The molecule has 0 aromatic heterocycles. The Morgan fingerprint density at radius 1 is 0.844 bits per heavy atom. The van der Waals surface area contributed by atoms with E-state index in [0.29, 0.717) is 18.6 Å². The van der Waals surface area contributed by atoms with Crippen molar-refractivity contribution in [3.05, 3.63) is 0 Å². The van der Waals surface area contributed by atoms with E-state index in [4.69, 9.17) is 4.74 Å². The third-order valence-corrected chi connectivity index (χ3v) is 5.72. The SMILES string of the molecule is CCCCCCCCCCCC[C@H](NC(=O)[C@@H](CCSC)NC(=O)OC(C)(C)C)C(=O)O. The van der Waals surface area contributed by atoms with Gasteiger partial charge in [0, 0.05) is 0 Å². The number of hydrogen-bond acceptors (Lipinski definition) is 5. The van der Waals surface area contributed by atoms with E-state index >= 15 is 0 Å². The quantitative estimate of drug-likeness (QED) is 0.226. The molecule has 0 spiro atoms. The average molecular weight is 475 g/mol. The first-order chi connectivity index (χ1) is 15.1. The lowest BCUT2D eigenvalue weighted by molar-refractivity contribution is -0.142. The fraction of sp³-hybridized carbons (Fsp3) is 0.875. The van der Waals surface area contributed by atoms with Gasteiger partial charge in [0.1, 0.15) is 17.7 Å². The van der Waals surface area contributed by atoms with E-state index in [-0.39, 0.29) is 0 Å². The molecule has 188 valence electrons. The maximum absolute atomic E-state index is 12.7. The second-order valence-corrected chi connectivity index (χ2v) is 10.3. The van der Waals surface area contributed by atoms with E-state index in [1.807, 2.05) is 6.26 Å². The molecule has 2 atom stereocenters. The van der Waals surface area contributed by atoms with Crippen molar-refractivity contribution >= 4 is 29.7 Å². The van der Waals surface area contributed by atoms with Crippen molar-refractivity contribution in [2.24, 2.45) is 0 Å². The summed E-state index contributed by atoms with van der Waals surface area (Å²) in [4.78, 5) is 36.4. The summed E-state index contributed by atoms with van der Waals surface area (Å²) in [5.41, 5.74) is -0.677. The number of carboxylic acids is 1. The summed E-state index contributed by atoms with van der Waals surface area (Å²) in [6.45, 7) is 7.46. The molecule has 0 saturated carbocycles. The number of nitrogens with one attached hydrogen (secondary N) is 2. The van der Waals surface area contributed by atoms with Crippen LogP contribution in [0.25, 0.3) is 0 Å². The van der Waals surface area contributed by atoms with Crippen LogP contribution >= 0.6 is 11.8 Å². The van der Waals surface area contributed by atoms with Gasteiger partial charge in [0.25, 0.3) is 0 Å². The van der Waals surface area contributed by atoms with Crippen LogP contribution < -0.4 is 10.6 Å². The predicted octanol–water partition coefficient (Wildman–Crippen LogP) is 5.51. The molecular formula is C24H46N2O5S. The number of carbonyl (C=O) groups excluding carboxylic acids is 2. The molecule has 0 aliphatic heterocycles. The third kappa shape index (κ3) is 17.2. The van der Waals surface area contributed by atoms with Gasteiger partial charge in [-0.15, -0.1) is 0 Å². The number of thioether (sulfide) groups is 1. The molecule has 0 rings (SSSR count). The Labute approximate surface area is 199 Å². The van der Waals surface area contributed by atoms with E-state index in [0.717, 1.165) is 19.3 Å². The second-order valence-electron chi connectivity index (χ2n) is 9.35. The molecule has 0 bridgehead atoms. The molecule has 0 radical (unpaired) electrons. The van der Waals surface area contributed by atoms with Crippen molar-refractivity contribution in [2.75, 3.05) is 12.0 Å². The Morgan fingerprint density at radius 2 is 1.38 bits per heavy atom. The van der Waals surface area contributed by atoms with Crippen molar-refractivity contribution in [3.8, 4) is 0 Å². The minimum atomic E-state index is -1.05. The van der Waals surface area contributed by atoms with Gasteiger partial charge < -0.3 is 20.5 Å². The second kappa shape index (κ2) is 18.0. The lowest BCUT2D eigenvalue weighted by Gasteiger charge is -2.24. The van der Waals surface area contributed by atoms with Crippen LogP contribution in [0.3, 0.4) is 0 Å². The van der Waals surface area contributed by atoms with Gasteiger partial charge in [-0.3, -0.25) is 4.79 Å². The molecule has 0 aromatic carbocycles. The number of hydrogen-bond donors (Lipinski definition) is 3. The number of aliphatic carboxylic acids is 1. The van der Waals surface area contributed by atoms with Crippen molar-refractivity contribution in [1.82, 2.24) is 10.6 Å². The molecule has 0 aliphatic carbocycles. The summed E-state index contributed by atoms with van der Waals surface area (Å²) < 4.78 is 5.24. The number of alkyl carbamates (subject to hydrolysis) is 1. The van der Waals surface area contributed by atoms with Crippen LogP contribution in [0, 0.1) is 0 Å². The summed E-state index contributed by atoms with van der Waals surface area (Å²) in [6.07, 6.45) is 13.7. The Morgan fingerprint density at radius 3 is 1.84 bits per heavy atom. The van der Waals surface area contributed by atoms with Gasteiger partial charge >= 0.3 is 12.1 Å². The van der Waals surface area contributed by atoms with E-state index in [9.17, 15) is 19.5 Å². The normalized spacial score (nSPS) is 13.3. The molecule has 0 aromatic rings. The van der Waals surface area contributed by atoms with Gasteiger partial charge in [0.05, 0.1) is 0 Å². The number of unbranched alkanes of at least 4 members (excludes halogenated alkanes) is 9. The van der Waals surface area contributed by atoms with Crippen molar-refractivity contribution < 1.29 is 24.2 Å². The lowest BCUT2D eigenvalue weighted by Crippen LogP contribution is -2.52. The molecule has 0 fully saturated rings. The molecule has 0 unspecified atom stereocenters. The van der Waals surface area contributed by atoms with Crippen LogP contribution in [0.1, 0.15) is 105 Å². The summed E-state index contributed by atoms with van der Waals surface area (Å²) >= 11 is 1.55. The molecule has 7 nitrogen and oxygen atoms in total. The van der Waals surface area contributed by atoms with Crippen molar-refractivity contribution in [3.63, 3.8) is 0 Å². The van der Waals surface area contributed by atoms with Crippen LogP contribution in [-0.4, -0.2) is 52.8 Å². The molecule has 32 heavy (non-hydrogen) atoms. The number of carbonyl (C=O) groups is 3. The van der Waals surface area contributed by atoms with Gasteiger partial charge in [0.2, 0.25) is 5.91 Å². The van der Waals surface area contributed by atoms with Gasteiger partial charge in [-0.25, -0.2) is 9.59 Å². The number of carboxylic acid groups (broad SMARTS) is 1. The van der Waals surface area contributed by atoms with Crippen LogP contribution in [0.5, 0.6) is 0 Å². The Balaban J connectivity index is 4.44. The van der Waals surface area contributed by atoms with Crippen LogP contribution in [0.2, 0.25) is 0 Å². The van der Waals surface area contributed by atoms with Crippen LogP contribution in [-0.2, 0) is 14.3 Å². The van der Waals surface area contributed by atoms with Gasteiger partial charge in [-0.1, -0.05) is 71.1 Å². The molecule has 2 amide bonds. The maximum Gasteiger partial charge on any atom is 0.408 e. The number of ether oxygens (including phenoxy) is 1. The number of rotatable bonds is 18. The lowest BCUT2D eigenvalue weighted by atomic mass is 10.0. The minimum absolute atomic E-state index is 0.388. The highest BCUT2D eigenvalue weighted by Crippen LogP contribution is 2.13. The fourth-order valence-electron chi connectivity index (χ4n) is 3.32. The van der Waals surface area contributed by atoms with Crippen molar-refractivity contribution in [2.45, 2.75) is 122 Å². The Hall–Kier alpha value is -1.44. The van der Waals surface area contributed by atoms with Crippen LogP contribution in [0.15, 0.2) is 0 Å². The average Bonchev–Trinajstić information content (AvgIpc) is 2.69. The van der Waals surface area contributed by atoms with Crippen LogP contribution in [0.4, 0.5) is 4.79 Å². The van der Waals surface area contributed by atoms with E-state index in [1.165, 1.54) is 44.9 Å². The Bertz CT molecular complexity index is 537. The van der Waals surface area contributed by atoms with E-state index < -0.39 is 35.7 Å². The topological polar surface area (TPSA) is 105 Å². The molecule has 0 heterocycles. The van der Waals surface area contributed by atoms with E-state index in [2.05, 4.69) is 17.6 Å². The standard InChI is InChI=1S/C24H46N2O5S/c1-6-7-8-9-10-11-12-13-14-15-16-20(22(28)29)25-21(27)19(17-18-32-5)26-23(30)31-24(2,3)4/h19-20H,6-18H2,1-5H3,(H,25,27)(H,26,30)(H,28,29)/t19-,20+/m1/s1. The van der Waals surface area contributed by atoms with Gasteiger partial charge in [-0.05, 0) is 45.6 Å². The first-order valence-corrected chi connectivity index (χ1v) is 13.5. The molecular weight excluding hydrogens is 428 g/mol. The van der Waals surface area contributed by atoms with E-state index in [1.54, 1.807) is 32.5 Å². The summed E-state index contributed by atoms with van der Waals surface area (Å²) in [7, 11) is 0. The fourth-order valence-corrected chi connectivity index (χ4v) is 3.79. The van der Waals surface area contributed by atoms with Gasteiger partial charge in [0.15, 0.2) is 0 Å². The summed E-state index contributed by atoms with van der Waals surface area (Å²) in [5, 5.41) is 14.7. The highest BCUT2D eigenvalue weighted by atomic mass is 32.2. The third-order valence-electron chi connectivity index (χ3n) is 5.08. The first kappa shape index (κ1) is 30.6. The molecule has 0 aliphatic rings. The number of amides is 2. The predicted molar refractivity (Wildman–Crippen MR) is 132 cm³/mol. The zero-order valence-corrected chi connectivity index (χ0v) is 21.7. The summed E-state index contributed by atoms with van der Waals surface area (Å²) in [5.74, 6) is -0.871. The maximum atomic E-state index is 12.7. The molecule has 8 heteroatoms. The highest BCUT2D eigenvalue weighted by Gasteiger charge is 2.27.